The molecule has 0 bridgehead atoms. The topological polar surface area (TPSA) is 13.1 Å². The van der Waals surface area contributed by atoms with E-state index in [0.717, 1.165) is 13.2 Å². The Hall–Kier alpha value is 0.0700. The second-order valence-corrected chi connectivity index (χ2v) is 8.25. The van der Waals surface area contributed by atoms with E-state index in [1.54, 1.807) is 11.3 Å². The number of hydrogen-bond donors (Lipinski definition) is 0. The molecule has 2 nitrogen and oxygen atoms in total. The maximum absolute atomic E-state index is 5.81. The third-order valence-electron chi connectivity index (χ3n) is 5.00. The maximum Gasteiger partial charge on any atom is 0.225 e. The molecule has 0 N–H and O–H groups in total. The van der Waals surface area contributed by atoms with E-state index >= 15 is 0 Å². The molecule has 0 aromatic carbocycles. The van der Waals surface area contributed by atoms with E-state index in [1.165, 1.54) is 89.9 Å². The van der Waals surface area contributed by atoms with E-state index in [4.69, 9.17) is 4.74 Å². The summed E-state index contributed by atoms with van der Waals surface area (Å²) in [6, 6.07) is 0.456. The lowest BCUT2D eigenvalue weighted by Gasteiger charge is -2.07. The van der Waals surface area contributed by atoms with Crippen LogP contribution in [0, 0.1) is 0 Å². The monoisotopic (exact) mass is 447 g/mol. The van der Waals surface area contributed by atoms with E-state index < -0.39 is 0 Å². The summed E-state index contributed by atoms with van der Waals surface area (Å²) in [5, 5.41) is 2.12. The lowest BCUT2D eigenvalue weighted by Crippen LogP contribution is -3.00. The van der Waals surface area contributed by atoms with Gasteiger partial charge in [0.05, 0.1) is 5.38 Å². The summed E-state index contributed by atoms with van der Waals surface area (Å²) in [7, 11) is 0. The van der Waals surface area contributed by atoms with E-state index in [1.807, 2.05) is 0 Å². The number of nitrogens with zero attached hydrogens (tertiary/aromatic N) is 1. The summed E-state index contributed by atoms with van der Waals surface area (Å²) in [6.45, 7) is 6.27. The Bertz CT molecular complexity index is 372. The molecular weight excluding hydrogens is 406 g/mol. The van der Waals surface area contributed by atoms with Crippen LogP contribution in [-0.2, 0) is 4.74 Å². The lowest BCUT2D eigenvalue weighted by atomic mass is 10.0. The molecule has 1 aromatic heterocycles. The van der Waals surface area contributed by atoms with Crippen LogP contribution in [0.25, 0.3) is 0 Å². The first-order valence-corrected chi connectivity index (χ1v) is 11.8. The summed E-state index contributed by atoms with van der Waals surface area (Å²) >= 11 is 1.74. The van der Waals surface area contributed by atoms with E-state index in [0.29, 0.717) is 6.04 Å². The molecule has 0 aliphatic heterocycles. The second-order valence-electron chi connectivity index (χ2n) is 7.49. The van der Waals surface area contributed by atoms with Gasteiger partial charge in [0.25, 0.3) is 0 Å². The number of ether oxygens (including phenoxy) is 1. The minimum atomic E-state index is 0. The van der Waals surface area contributed by atoms with Gasteiger partial charge in [0.1, 0.15) is 6.61 Å². The fourth-order valence-electron chi connectivity index (χ4n) is 3.24. The Morgan fingerprint density at radius 2 is 1.31 bits per heavy atom. The predicted molar refractivity (Wildman–Crippen MR) is 110 cm³/mol. The van der Waals surface area contributed by atoms with Gasteiger partial charge in [-0.1, -0.05) is 102 Å². The first-order chi connectivity index (χ1) is 12.3. The average Bonchev–Trinajstić information content (AvgIpc) is 3.16. The summed E-state index contributed by atoms with van der Waals surface area (Å²) in [4.78, 5) is 0. The molecule has 0 saturated heterocycles. The van der Waals surface area contributed by atoms with Gasteiger partial charge in [0, 0.05) is 13.5 Å². The Labute approximate surface area is 177 Å². The summed E-state index contributed by atoms with van der Waals surface area (Å²) in [5.74, 6) is 0. The van der Waals surface area contributed by atoms with Crippen molar-refractivity contribution in [3.8, 4) is 0 Å². The minimum absolute atomic E-state index is 0. The fraction of sp³-hybridized carbons (Fsp3) is 0.864. The Balaban J connectivity index is 0.00000625. The molecule has 0 fully saturated rings. The highest BCUT2D eigenvalue weighted by molar-refractivity contribution is 7.07. The fourth-order valence-corrected chi connectivity index (χ4v) is 3.94. The van der Waals surface area contributed by atoms with Gasteiger partial charge in [0.15, 0.2) is 12.2 Å². The molecule has 0 radical (unpaired) electrons. The lowest BCUT2D eigenvalue weighted by molar-refractivity contribution is -0.717. The molecule has 1 unspecified atom stereocenters. The molecule has 4 heteroatoms. The highest BCUT2D eigenvalue weighted by Gasteiger charge is 2.11. The molecule has 1 atom stereocenters. The largest absolute Gasteiger partial charge is 1.00 e. The molecule has 0 aliphatic carbocycles. The third-order valence-corrected chi connectivity index (χ3v) is 5.65. The second kappa shape index (κ2) is 19.8. The predicted octanol–water partition coefficient (Wildman–Crippen LogP) is 4.10. The highest BCUT2D eigenvalue weighted by Crippen LogP contribution is 2.13. The van der Waals surface area contributed by atoms with Gasteiger partial charge in [-0.25, -0.2) is 0 Å². The SMILES string of the molecule is CCCCCCCCCCCCCCCCOCC(C)[n+]1ccsc1.[Br-]. The molecular formula is C22H42BrNOS. The van der Waals surface area contributed by atoms with E-state index in [2.05, 4.69) is 35.5 Å². The van der Waals surface area contributed by atoms with Gasteiger partial charge in [-0.15, -0.1) is 0 Å². The molecule has 154 valence electrons. The van der Waals surface area contributed by atoms with Gasteiger partial charge in [-0.3, -0.25) is 0 Å². The molecule has 0 amide bonds. The van der Waals surface area contributed by atoms with Crippen LogP contribution in [0.3, 0.4) is 0 Å². The van der Waals surface area contributed by atoms with Crippen LogP contribution in [-0.4, -0.2) is 13.2 Å². The zero-order chi connectivity index (χ0) is 18.0. The van der Waals surface area contributed by atoms with Crippen molar-refractivity contribution in [2.45, 2.75) is 110 Å². The van der Waals surface area contributed by atoms with Gasteiger partial charge < -0.3 is 21.7 Å². The van der Waals surface area contributed by atoms with Crippen molar-refractivity contribution in [1.29, 1.82) is 0 Å². The van der Waals surface area contributed by atoms with Crippen LogP contribution in [0.1, 0.15) is 110 Å². The third kappa shape index (κ3) is 15.2. The molecule has 26 heavy (non-hydrogen) atoms. The number of aromatic nitrogens is 1. The molecule has 0 saturated carbocycles. The zero-order valence-corrected chi connectivity index (χ0v) is 19.7. The van der Waals surface area contributed by atoms with Crippen molar-refractivity contribution in [2.75, 3.05) is 13.2 Å². The van der Waals surface area contributed by atoms with Crippen molar-refractivity contribution in [1.82, 2.24) is 0 Å². The first-order valence-electron chi connectivity index (χ1n) is 10.8. The van der Waals surface area contributed by atoms with E-state index in [-0.39, 0.29) is 17.0 Å². The number of thiazole rings is 1. The number of unbranched alkanes of at least 4 members (excludes halogenated alkanes) is 13. The maximum atomic E-state index is 5.81. The molecule has 0 aliphatic rings. The van der Waals surface area contributed by atoms with Crippen LogP contribution >= 0.6 is 11.3 Å². The molecule has 1 rings (SSSR count). The number of rotatable bonds is 18. The van der Waals surface area contributed by atoms with Crippen LogP contribution in [0.15, 0.2) is 17.1 Å². The molecule has 1 heterocycles. The Kier molecular flexibility index (Phi) is 19.9. The van der Waals surface area contributed by atoms with Gasteiger partial charge >= 0.3 is 0 Å². The summed E-state index contributed by atoms with van der Waals surface area (Å²) < 4.78 is 8.04. The number of halogens is 1. The van der Waals surface area contributed by atoms with Gasteiger partial charge in [0.2, 0.25) is 5.51 Å². The average molecular weight is 449 g/mol. The van der Waals surface area contributed by atoms with Crippen LogP contribution < -0.4 is 21.5 Å². The van der Waals surface area contributed by atoms with Gasteiger partial charge in [-0.05, 0) is 6.42 Å². The quantitative estimate of drug-likeness (QED) is 0.244. The Morgan fingerprint density at radius 3 is 1.77 bits per heavy atom. The van der Waals surface area contributed by atoms with Gasteiger partial charge in [-0.2, -0.15) is 4.57 Å². The van der Waals surface area contributed by atoms with Crippen molar-refractivity contribution in [3.05, 3.63) is 17.1 Å². The number of hydrogen-bond acceptors (Lipinski definition) is 2. The standard InChI is InChI=1S/C22H42NOS.BrH/c1-3-4-5-6-7-8-9-10-11-12-13-14-15-16-18-24-20-22(2)23-17-19-25-21-23;/h17,19,21-22H,3-16,18,20H2,1-2H3;1H/q+1;/p-1. The van der Waals surface area contributed by atoms with Crippen molar-refractivity contribution in [2.24, 2.45) is 0 Å². The smallest absolute Gasteiger partial charge is 0.225 e. The highest BCUT2D eigenvalue weighted by atomic mass is 79.9. The Morgan fingerprint density at radius 1 is 0.808 bits per heavy atom. The molecule has 0 spiro atoms. The van der Waals surface area contributed by atoms with E-state index in [9.17, 15) is 0 Å². The molecule has 1 aromatic rings. The summed E-state index contributed by atoms with van der Waals surface area (Å²) in [5.41, 5.74) is 2.15. The minimum Gasteiger partial charge on any atom is -1.00 e. The van der Waals surface area contributed by atoms with Crippen molar-refractivity contribution >= 4 is 11.3 Å². The van der Waals surface area contributed by atoms with Crippen molar-refractivity contribution in [3.63, 3.8) is 0 Å². The normalized spacial score (nSPS) is 12.1. The van der Waals surface area contributed by atoms with Crippen LogP contribution in [0.5, 0.6) is 0 Å². The van der Waals surface area contributed by atoms with Crippen LogP contribution in [0.4, 0.5) is 0 Å². The first kappa shape index (κ1) is 26.1. The zero-order valence-electron chi connectivity index (χ0n) is 17.3. The van der Waals surface area contributed by atoms with Crippen molar-refractivity contribution < 1.29 is 26.3 Å². The van der Waals surface area contributed by atoms with Crippen LogP contribution in [0.2, 0.25) is 0 Å². The summed E-state index contributed by atoms with van der Waals surface area (Å²) in [6.07, 6.45) is 21.9.